The number of amides is 1. The van der Waals surface area contributed by atoms with E-state index in [-0.39, 0.29) is 11.2 Å². The van der Waals surface area contributed by atoms with Crippen LogP contribution in [-0.2, 0) is 16.6 Å². The van der Waals surface area contributed by atoms with E-state index in [9.17, 15) is 14.4 Å². The Morgan fingerprint density at radius 2 is 1.72 bits per heavy atom. The SMILES string of the molecule is Cc1cccc(C(=O)O[C@@H](C)C(=O)Nc2c(C)n(C)n(-c3ccccc3)c2=O)c1. The third-order valence-electron chi connectivity index (χ3n) is 4.71. The molecule has 1 atom stereocenters. The zero-order valence-corrected chi connectivity index (χ0v) is 16.8. The van der Waals surface area contributed by atoms with E-state index in [1.807, 2.05) is 31.2 Å². The summed E-state index contributed by atoms with van der Waals surface area (Å²) in [7, 11) is 1.74. The van der Waals surface area contributed by atoms with Crippen LogP contribution < -0.4 is 10.9 Å². The number of anilines is 1. The molecule has 0 saturated carbocycles. The summed E-state index contributed by atoms with van der Waals surface area (Å²) in [6.07, 6.45) is -1.06. The van der Waals surface area contributed by atoms with Gasteiger partial charge >= 0.3 is 5.97 Å². The quantitative estimate of drug-likeness (QED) is 0.676. The van der Waals surface area contributed by atoms with E-state index < -0.39 is 18.0 Å². The predicted molar refractivity (Wildman–Crippen MR) is 110 cm³/mol. The molecule has 0 aliphatic heterocycles. The van der Waals surface area contributed by atoms with Gasteiger partial charge in [-0.1, -0.05) is 35.9 Å². The molecule has 29 heavy (non-hydrogen) atoms. The molecule has 0 unspecified atom stereocenters. The van der Waals surface area contributed by atoms with E-state index in [2.05, 4.69) is 5.32 Å². The Labute approximate surface area is 168 Å². The van der Waals surface area contributed by atoms with Gasteiger partial charge in [-0.3, -0.25) is 14.3 Å². The van der Waals surface area contributed by atoms with E-state index in [1.165, 1.54) is 11.6 Å². The van der Waals surface area contributed by atoms with Crippen LogP contribution in [0.5, 0.6) is 0 Å². The van der Waals surface area contributed by atoms with Crippen LogP contribution in [0.4, 0.5) is 5.69 Å². The van der Waals surface area contributed by atoms with Crippen molar-refractivity contribution in [1.29, 1.82) is 0 Å². The van der Waals surface area contributed by atoms with E-state index >= 15 is 0 Å². The van der Waals surface area contributed by atoms with Crippen LogP contribution >= 0.6 is 0 Å². The van der Waals surface area contributed by atoms with Crippen LogP contribution in [-0.4, -0.2) is 27.3 Å². The van der Waals surface area contributed by atoms with E-state index in [1.54, 1.807) is 49.0 Å². The molecule has 1 amide bonds. The summed E-state index contributed by atoms with van der Waals surface area (Å²) in [5, 5.41) is 2.61. The number of hydrogen-bond acceptors (Lipinski definition) is 4. The highest BCUT2D eigenvalue weighted by atomic mass is 16.5. The molecule has 1 heterocycles. The molecule has 0 fully saturated rings. The molecule has 7 nitrogen and oxygen atoms in total. The molecule has 1 N–H and O–H groups in total. The summed E-state index contributed by atoms with van der Waals surface area (Å²) in [4.78, 5) is 37.7. The number of aromatic nitrogens is 2. The highest BCUT2D eigenvalue weighted by Gasteiger charge is 2.23. The molecule has 0 spiro atoms. The lowest BCUT2D eigenvalue weighted by Gasteiger charge is -2.13. The topological polar surface area (TPSA) is 82.3 Å². The standard InChI is InChI=1S/C22H23N3O4/c1-14-9-8-10-17(13-14)22(28)29-16(3)20(26)23-19-15(2)24(4)25(21(19)27)18-11-6-5-7-12-18/h5-13,16H,1-4H3,(H,23,26)/t16-/m0/s1. The van der Waals surface area contributed by atoms with Gasteiger partial charge in [0.05, 0.1) is 16.9 Å². The minimum absolute atomic E-state index is 0.153. The van der Waals surface area contributed by atoms with Crippen molar-refractivity contribution in [3.05, 3.63) is 81.8 Å². The predicted octanol–water partition coefficient (Wildman–Crippen LogP) is 2.98. The van der Waals surface area contributed by atoms with Gasteiger partial charge in [0.25, 0.3) is 11.5 Å². The molecule has 0 radical (unpaired) electrons. The lowest BCUT2D eigenvalue weighted by Crippen LogP contribution is -2.32. The fraction of sp³-hybridized carbons (Fsp3) is 0.227. The molecule has 0 aliphatic carbocycles. The van der Waals surface area contributed by atoms with E-state index in [0.29, 0.717) is 16.9 Å². The summed E-state index contributed by atoms with van der Waals surface area (Å²) in [6.45, 7) is 5.07. The van der Waals surface area contributed by atoms with Crippen molar-refractivity contribution >= 4 is 17.6 Å². The molecular weight excluding hydrogens is 370 g/mol. The highest BCUT2D eigenvalue weighted by Crippen LogP contribution is 2.15. The molecule has 1 aromatic heterocycles. The number of hydrogen-bond donors (Lipinski definition) is 1. The van der Waals surface area contributed by atoms with Crippen LogP contribution in [0, 0.1) is 13.8 Å². The number of rotatable bonds is 5. The summed E-state index contributed by atoms with van der Waals surface area (Å²) in [5.74, 6) is -1.17. The number of esters is 1. The first-order valence-corrected chi connectivity index (χ1v) is 9.22. The van der Waals surface area contributed by atoms with Gasteiger partial charge in [0.2, 0.25) is 0 Å². The van der Waals surface area contributed by atoms with Gasteiger partial charge in [-0.15, -0.1) is 0 Å². The van der Waals surface area contributed by atoms with E-state index in [4.69, 9.17) is 4.74 Å². The van der Waals surface area contributed by atoms with Crippen LogP contribution in [0.3, 0.4) is 0 Å². The number of benzene rings is 2. The van der Waals surface area contributed by atoms with Crippen molar-refractivity contribution in [1.82, 2.24) is 9.36 Å². The molecule has 0 saturated heterocycles. The second-order valence-electron chi connectivity index (χ2n) is 6.84. The average molecular weight is 393 g/mol. The maximum Gasteiger partial charge on any atom is 0.338 e. The molecular formula is C22H23N3O4. The van der Waals surface area contributed by atoms with Crippen LogP contribution in [0.15, 0.2) is 59.4 Å². The minimum atomic E-state index is -1.06. The zero-order chi connectivity index (χ0) is 21.1. The number of nitrogens with one attached hydrogen (secondary N) is 1. The average Bonchev–Trinajstić information content (AvgIpc) is 2.91. The lowest BCUT2D eigenvalue weighted by atomic mass is 10.1. The molecule has 3 aromatic rings. The fourth-order valence-corrected chi connectivity index (χ4v) is 2.99. The molecule has 150 valence electrons. The first-order chi connectivity index (χ1) is 13.8. The molecule has 3 rings (SSSR count). The van der Waals surface area contributed by atoms with Crippen LogP contribution in [0.1, 0.15) is 28.5 Å². The Morgan fingerprint density at radius 3 is 2.38 bits per heavy atom. The summed E-state index contributed by atoms with van der Waals surface area (Å²) >= 11 is 0. The maximum atomic E-state index is 12.9. The Bertz CT molecular complexity index is 1110. The number of carbonyl (C=O) groups is 2. The van der Waals surface area contributed by atoms with Gasteiger partial charge in [0.15, 0.2) is 6.10 Å². The van der Waals surface area contributed by atoms with Crippen molar-refractivity contribution in [3.63, 3.8) is 0 Å². The Kier molecular flexibility index (Phi) is 5.68. The first kappa shape index (κ1) is 20.1. The minimum Gasteiger partial charge on any atom is -0.449 e. The third kappa shape index (κ3) is 4.13. The van der Waals surface area contributed by atoms with Gasteiger partial charge in [0, 0.05) is 7.05 Å². The van der Waals surface area contributed by atoms with Crippen molar-refractivity contribution < 1.29 is 14.3 Å². The number of para-hydroxylation sites is 1. The number of ether oxygens (including phenoxy) is 1. The van der Waals surface area contributed by atoms with Gasteiger partial charge in [0.1, 0.15) is 5.69 Å². The second-order valence-corrected chi connectivity index (χ2v) is 6.84. The van der Waals surface area contributed by atoms with Crippen molar-refractivity contribution in [2.24, 2.45) is 7.05 Å². The first-order valence-electron chi connectivity index (χ1n) is 9.22. The van der Waals surface area contributed by atoms with Gasteiger partial charge in [-0.2, -0.15) is 0 Å². The number of nitrogens with zero attached hydrogens (tertiary/aromatic N) is 2. The van der Waals surface area contributed by atoms with E-state index in [0.717, 1.165) is 5.56 Å². The Hall–Kier alpha value is -3.61. The zero-order valence-electron chi connectivity index (χ0n) is 16.8. The molecule has 7 heteroatoms. The maximum absolute atomic E-state index is 12.9. The Balaban J connectivity index is 1.79. The number of aryl methyl sites for hydroxylation is 1. The van der Waals surface area contributed by atoms with Gasteiger partial charge < -0.3 is 10.1 Å². The van der Waals surface area contributed by atoms with Crippen molar-refractivity contribution in [2.75, 3.05) is 5.32 Å². The smallest absolute Gasteiger partial charge is 0.338 e. The second kappa shape index (κ2) is 8.18. The Morgan fingerprint density at radius 1 is 1.03 bits per heavy atom. The van der Waals surface area contributed by atoms with Gasteiger partial charge in [-0.25, -0.2) is 9.48 Å². The fourth-order valence-electron chi connectivity index (χ4n) is 2.99. The summed E-state index contributed by atoms with van der Waals surface area (Å²) < 4.78 is 8.39. The van der Waals surface area contributed by atoms with Crippen molar-refractivity contribution in [2.45, 2.75) is 26.9 Å². The molecule has 0 bridgehead atoms. The van der Waals surface area contributed by atoms with Crippen molar-refractivity contribution in [3.8, 4) is 5.69 Å². The summed E-state index contributed by atoms with van der Waals surface area (Å²) in [5.41, 5.74) is 2.35. The lowest BCUT2D eigenvalue weighted by molar-refractivity contribution is -0.123. The number of carbonyl (C=O) groups excluding carboxylic acids is 2. The largest absolute Gasteiger partial charge is 0.449 e. The van der Waals surface area contributed by atoms with Crippen LogP contribution in [0.2, 0.25) is 0 Å². The monoisotopic (exact) mass is 393 g/mol. The highest BCUT2D eigenvalue weighted by molar-refractivity contribution is 5.97. The van der Waals surface area contributed by atoms with Gasteiger partial charge in [-0.05, 0) is 45.0 Å². The molecule has 2 aromatic carbocycles. The third-order valence-corrected chi connectivity index (χ3v) is 4.71. The normalized spacial score (nSPS) is 11.7. The molecule has 0 aliphatic rings. The summed E-state index contributed by atoms with van der Waals surface area (Å²) in [6, 6.07) is 16.0. The van der Waals surface area contributed by atoms with Crippen LogP contribution in [0.25, 0.3) is 5.69 Å².